The third kappa shape index (κ3) is 3.99. The lowest BCUT2D eigenvalue weighted by atomic mass is 10.3. The van der Waals surface area contributed by atoms with Crippen LogP contribution in [0.15, 0.2) is 34.1 Å². The summed E-state index contributed by atoms with van der Waals surface area (Å²) in [4.78, 5) is 1.00. The first-order chi connectivity index (χ1) is 8.01. The van der Waals surface area contributed by atoms with Crippen molar-refractivity contribution in [3.8, 4) is 0 Å². The van der Waals surface area contributed by atoms with Gasteiger partial charge in [0, 0.05) is 16.8 Å². The van der Waals surface area contributed by atoms with Gasteiger partial charge in [0.05, 0.1) is 4.90 Å². The number of thioether (sulfide) groups is 1. The van der Waals surface area contributed by atoms with E-state index in [4.69, 9.17) is 5.11 Å². The Balaban J connectivity index is 3.01. The highest BCUT2D eigenvalue weighted by molar-refractivity contribution is 8.00. The van der Waals surface area contributed by atoms with E-state index in [1.54, 1.807) is 18.2 Å². The van der Waals surface area contributed by atoms with Crippen LogP contribution >= 0.6 is 11.8 Å². The first kappa shape index (κ1) is 14.5. The van der Waals surface area contributed by atoms with Gasteiger partial charge in [0.1, 0.15) is 0 Å². The van der Waals surface area contributed by atoms with Crippen LogP contribution in [0.3, 0.4) is 0 Å². The van der Waals surface area contributed by atoms with Gasteiger partial charge >= 0.3 is 0 Å². The summed E-state index contributed by atoms with van der Waals surface area (Å²) in [5, 5.41) is 9.02. The van der Waals surface area contributed by atoms with E-state index in [1.165, 1.54) is 18.8 Å². The van der Waals surface area contributed by atoms with Crippen LogP contribution in [0.5, 0.6) is 0 Å². The van der Waals surface area contributed by atoms with Crippen LogP contribution in [-0.2, 0) is 10.0 Å². The standard InChI is InChI=1S/C11H17NO3S2/c1-9(7-8-13)16-10-5-3-4-6-11(10)17(14,15)12-2/h3-6,9,12-13H,7-8H2,1-2H3. The van der Waals surface area contributed by atoms with Crippen LogP contribution < -0.4 is 4.72 Å². The summed E-state index contributed by atoms with van der Waals surface area (Å²) in [7, 11) is -2.03. The summed E-state index contributed by atoms with van der Waals surface area (Å²) >= 11 is 1.46. The SMILES string of the molecule is CNS(=O)(=O)c1ccccc1SC(C)CCO. The number of rotatable bonds is 6. The number of hydrogen-bond acceptors (Lipinski definition) is 4. The Morgan fingerprint density at radius 2 is 2.06 bits per heavy atom. The van der Waals surface area contributed by atoms with E-state index in [0.29, 0.717) is 11.3 Å². The van der Waals surface area contributed by atoms with E-state index >= 15 is 0 Å². The number of sulfonamides is 1. The maximum atomic E-state index is 11.8. The minimum atomic E-state index is -3.42. The maximum absolute atomic E-state index is 11.8. The van der Waals surface area contributed by atoms with Gasteiger partial charge in [-0.1, -0.05) is 19.1 Å². The first-order valence-corrected chi connectivity index (χ1v) is 7.67. The molecule has 6 heteroatoms. The average molecular weight is 275 g/mol. The fraction of sp³-hybridized carbons (Fsp3) is 0.455. The van der Waals surface area contributed by atoms with E-state index in [0.717, 1.165) is 0 Å². The Morgan fingerprint density at radius 1 is 1.41 bits per heavy atom. The van der Waals surface area contributed by atoms with Crippen LogP contribution in [0.2, 0.25) is 0 Å². The van der Waals surface area contributed by atoms with E-state index in [9.17, 15) is 8.42 Å². The molecule has 1 unspecified atom stereocenters. The van der Waals surface area contributed by atoms with Crippen molar-refractivity contribution in [1.29, 1.82) is 0 Å². The zero-order chi connectivity index (χ0) is 12.9. The zero-order valence-corrected chi connectivity index (χ0v) is 11.5. The predicted octanol–water partition coefficient (Wildman–Crippen LogP) is 1.46. The second-order valence-electron chi connectivity index (χ2n) is 3.60. The highest BCUT2D eigenvalue weighted by atomic mass is 32.2. The molecule has 0 amide bonds. The average Bonchev–Trinajstić information content (AvgIpc) is 2.30. The fourth-order valence-electron chi connectivity index (χ4n) is 1.34. The Labute approximate surface area is 106 Å². The fourth-order valence-corrected chi connectivity index (χ4v) is 3.62. The summed E-state index contributed by atoms with van der Waals surface area (Å²) in [6.07, 6.45) is 0.638. The molecule has 0 heterocycles. The predicted molar refractivity (Wildman–Crippen MR) is 69.7 cm³/mol. The van der Waals surface area contributed by atoms with E-state index in [1.807, 2.05) is 13.0 Å². The quantitative estimate of drug-likeness (QED) is 0.771. The number of benzene rings is 1. The van der Waals surface area contributed by atoms with Crippen LogP contribution in [0.1, 0.15) is 13.3 Å². The van der Waals surface area contributed by atoms with Gasteiger partial charge in [-0.3, -0.25) is 0 Å². The van der Waals surface area contributed by atoms with Gasteiger partial charge < -0.3 is 5.11 Å². The maximum Gasteiger partial charge on any atom is 0.241 e. The van der Waals surface area contributed by atoms with Crippen molar-refractivity contribution in [2.24, 2.45) is 0 Å². The third-order valence-corrected chi connectivity index (χ3v) is 5.12. The van der Waals surface area contributed by atoms with Crippen LogP contribution in [0, 0.1) is 0 Å². The van der Waals surface area contributed by atoms with Crippen molar-refractivity contribution in [2.75, 3.05) is 13.7 Å². The van der Waals surface area contributed by atoms with Crippen molar-refractivity contribution >= 4 is 21.8 Å². The molecule has 1 rings (SSSR count). The van der Waals surface area contributed by atoms with E-state index < -0.39 is 10.0 Å². The van der Waals surface area contributed by atoms with Gasteiger partial charge in [0.2, 0.25) is 10.0 Å². The summed E-state index contributed by atoms with van der Waals surface area (Å²) < 4.78 is 25.9. The number of hydrogen-bond donors (Lipinski definition) is 2. The Bertz CT molecular complexity index is 460. The molecule has 0 spiro atoms. The molecule has 1 aromatic carbocycles. The monoisotopic (exact) mass is 275 g/mol. The third-order valence-electron chi connectivity index (χ3n) is 2.27. The van der Waals surface area contributed by atoms with Gasteiger partial charge in [-0.05, 0) is 25.6 Å². The summed E-state index contributed by atoms with van der Waals surface area (Å²) in [5.74, 6) is 0. The normalized spacial score (nSPS) is 13.6. The molecule has 1 atom stereocenters. The topological polar surface area (TPSA) is 66.4 Å². The van der Waals surface area contributed by atoms with Crippen LogP contribution in [-0.4, -0.2) is 32.4 Å². The first-order valence-electron chi connectivity index (χ1n) is 5.31. The minimum Gasteiger partial charge on any atom is -0.396 e. The van der Waals surface area contributed by atoms with Crippen LogP contribution in [0.25, 0.3) is 0 Å². The lowest BCUT2D eigenvalue weighted by Crippen LogP contribution is -2.19. The summed E-state index contributed by atoms with van der Waals surface area (Å²) in [5.41, 5.74) is 0. The smallest absolute Gasteiger partial charge is 0.241 e. The van der Waals surface area contributed by atoms with E-state index in [-0.39, 0.29) is 16.8 Å². The lowest BCUT2D eigenvalue weighted by Gasteiger charge is -2.13. The Morgan fingerprint density at radius 3 is 2.65 bits per heavy atom. The highest BCUT2D eigenvalue weighted by Crippen LogP contribution is 2.30. The van der Waals surface area contributed by atoms with Gasteiger partial charge in [0.25, 0.3) is 0 Å². The molecular weight excluding hydrogens is 258 g/mol. The summed E-state index contributed by atoms with van der Waals surface area (Å²) in [6.45, 7) is 2.07. The second kappa shape index (κ2) is 6.39. The van der Waals surface area contributed by atoms with Crippen molar-refractivity contribution in [1.82, 2.24) is 4.72 Å². The molecule has 4 nitrogen and oxygen atoms in total. The summed E-state index contributed by atoms with van der Waals surface area (Å²) in [6, 6.07) is 6.87. The van der Waals surface area contributed by atoms with Gasteiger partial charge in [-0.2, -0.15) is 0 Å². The highest BCUT2D eigenvalue weighted by Gasteiger charge is 2.17. The van der Waals surface area contributed by atoms with Crippen LogP contribution in [0.4, 0.5) is 0 Å². The van der Waals surface area contributed by atoms with E-state index in [2.05, 4.69) is 4.72 Å². The zero-order valence-electron chi connectivity index (χ0n) is 9.88. The Kier molecular flexibility index (Phi) is 5.45. The number of aliphatic hydroxyl groups excluding tert-OH is 1. The minimum absolute atomic E-state index is 0.106. The molecule has 0 aliphatic carbocycles. The molecule has 0 aliphatic heterocycles. The van der Waals surface area contributed by atoms with Crippen molar-refractivity contribution in [2.45, 2.75) is 28.4 Å². The molecule has 0 aromatic heterocycles. The molecule has 0 saturated heterocycles. The molecule has 0 saturated carbocycles. The molecule has 0 fully saturated rings. The van der Waals surface area contributed by atoms with Crippen molar-refractivity contribution in [3.05, 3.63) is 24.3 Å². The van der Waals surface area contributed by atoms with Gasteiger partial charge in [0.15, 0.2) is 0 Å². The molecule has 2 N–H and O–H groups in total. The molecule has 0 radical (unpaired) electrons. The van der Waals surface area contributed by atoms with Crippen molar-refractivity contribution < 1.29 is 13.5 Å². The van der Waals surface area contributed by atoms with Gasteiger partial charge in [-0.15, -0.1) is 11.8 Å². The lowest BCUT2D eigenvalue weighted by molar-refractivity contribution is 0.289. The molecular formula is C11H17NO3S2. The molecule has 0 bridgehead atoms. The second-order valence-corrected chi connectivity index (χ2v) is 6.93. The molecule has 96 valence electrons. The number of aliphatic hydroxyl groups is 1. The number of nitrogens with one attached hydrogen (secondary N) is 1. The largest absolute Gasteiger partial charge is 0.396 e. The Hall–Kier alpha value is -0.560. The molecule has 1 aromatic rings. The van der Waals surface area contributed by atoms with Gasteiger partial charge in [-0.25, -0.2) is 13.1 Å². The van der Waals surface area contributed by atoms with Crippen molar-refractivity contribution in [3.63, 3.8) is 0 Å². The molecule has 17 heavy (non-hydrogen) atoms. The molecule has 0 aliphatic rings.